The number of carbonyl (C=O) groups excluding carboxylic acids is 1. The quantitative estimate of drug-likeness (QED) is 0.839. The van der Waals surface area contributed by atoms with E-state index in [2.05, 4.69) is 22.6 Å². The summed E-state index contributed by atoms with van der Waals surface area (Å²) in [4.78, 5) is 13.8. The normalized spacial score (nSPS) is 10.2. The molecule has 1 amide bonds. The molecule has 4 heteroatoms. The molecule has 0 saturated carbocycles. The van der Waals surface area contributed by atoms with Crippen molar-refractivity contribution in [3.8, 4) is 0 Å². The summed E-state index contributed by atoms with van der Waals surface area (Å²) < 4.78 is 0.948. The van der Waals surface area contributed by atoms with E-state index in [4.69, 9.17) is 5.11 Å². The van der Waals surface area contributed by atoms with Crippen molar-refractivity contribution in [2.75, 3.05) is 19.7 Å². The first-order chi connectivity index (χ1) is 7.70. The molecule has 0 fully saturated rings. The van der Waals surface area contributed by atoms with Gasteiger partial charge in [0.25, 0.3) is 5.91 Å². The highest BCUT2D eigenvalue weighted by Gasteiger charge is 2.16. The van der Waals surface area contributed by atoms with Crippen molar-refractivity contribution < 1.29 is 9.90 Å². The zero-order chi connectivity index (χ0) is 12.0. The molecule has 0 aliphatic heterocycles. The van der Waals surface area contributed by atoms with E-state index in [0.717, 1.165) is 9.99 Å². The van der Waals surface area contributed by atoms with Gasteiger partial charge in [0.15, 0.2) is 0 Å². The van der Waals surface area contributed by atoms with Crippen molar-refractivity contribution in [2.45, 2.75) is 13.3 Å². The molecule has 0 aliphatic carbocycles. The van der Waals surface area contributed by atoms with E-state index in [0.29, 0.717) is 18.7 Å². The number of aliphatic hydroxyl groups excluding tert-OH is 1. The highest BCUT2D eigenvalue weighted by atomic mass is 127. The van der Waals surface area contributed by atoms with Crippen molar-refractivity contribution in [2.24, 2.45) is 0 Å². The first-order valence-corrected chi connectivity index (χ1v) is 6.43. The maximum Gasteiger partial charge on any atom is 0.255 e. The summed E-state index contributed by atoms with van der Waals surface area (Å²) >= 11 is 2.16. The van der Waals surface area contributed by atoms with Gasteiger partial charge in [-0.15, -0.1) is 0 Å². The monoisotopic (exact) mass is 333 g/mol. The number of hydrogen-bond acceptors (Lipinski definition) is 2. The second-order valence-electron chi connectivity index (χ2n) is 3.50. The molecule has 3 nitrogen and oxygen atoms in total. The van der Waals surface area contributed by atoms with Crippen LogP contribution in [-0.4, -0.2) is 35.6 Å². The van der Waals surface area contributed by atoms with Gasteiger partial charge >= 0.3 is 0 Å². The van der Waals surface area contributed by atoms with Gasteiger partial charge in [-0.25, -0.2) is 0 Å². The van der Waals surface area contributed by atoms with Crippen LogP contribution in [0.15, 0.2) is 24.3 Å². The third-order valence-corrected chi connectivity index (χ3v) is 3.20. The van der Waals surface area contributed by atoms with Crippen LogP contribution in [0.25, 0.3) is 0 Å². The Morgan fingerprint density at radius 2 is 2.06 bits per heavy atom. The average Bonchev–Trinajstić information content (AvgIpc) is 2.28. The highest BCUT2D eigenvalue weighted by molar-refractivity contribution is 14.1. The van der Waals surface area contributed by atoms with Crippen molar-refractivity contribution in [1.82, 2.24) is 4.90 Å². The number of hydrogen-bond donors (Lipinski definition) is 1. The fourth-order valence-corrected chi connectivity index (χ4v) is 2.13. The van der Waals surface area contributed by atoms with Crippen LogP contribution in [0.1, 0.15) is 23.7 Å². The smallest absolute Gasteiger partial charge is 0.255 e. The standard InChI is InChI=1S/C12H16INO2/c1-2-7-14(8-9-15)12(16)10-5-3-4-6-11(10)13/h3-6,15H,2,7-9H2,1H3. The molecular weight excluding hydrogens is 317 g/mol. The van der Waals surface area contributed by atoms with Crippen molar-refractivity contribution in [1.29, 1.82) is 0 Å². The summed E-state index contributed by atoms with van der Waals surface area (Å²) in [5, 5.41) is 8.93. The molecule has 0 aromatic heterocycles. The molecule has 0 saturated heterocycles. The van der Waals surface area contributed by atoms with E-state index >= 15 is 0 Å². The zero-order valence-corrected chi connectivity index (χ0v) is 11.5. The van der Waals surface area contributed by atoms with Crippen LogP contribution in [0.4, 0.5) is 0 Å². The van der Waals surface area contributed by atoms with E-state index in [-0.39, 0.29) is 12.5 Å². The summed E-state index contributed by atoms with van der Waals surface area (Å²) in [5.74, 6) is 0.000833. The molecule has 0 aliphatic rings. The van der Waals surface area contributed by atoms with Crippen molar-refractivity contribution in [3.05, 3.63) is 33.4 Å². The average molecular weight is 333 g/mol. The lowest BCUT2D eigenvalue weighted by molar-refractivity contribution is 0.0721. The SMILES string of the molecule is CCCN(CCO)C(=O)c1ccccc1I. The van der Waals surface area contributed by atoms with Gasteiger partial charge in [-0.2, -0.15) is 0 Å². The highest BCUT2D eigenvalue weighted by Crippen LogP contribution is 2.14. The van der Waals surface area contributed by atoms with Crippen LogP contribution in [0.2, 0.25) is 0 Å². The minimum atomic E-state index is 0.000833. The van der Waals surface area contributed by atoms with E-state index in [1.54, 1.807) is 4.90 Å². The second kappa shape index (κ2) is 6.85. The molecule has 88 valence electrons. The van der Waals surface area contributed by atoms with Crippen LogP contribution in [0.5, 0.6) is 0 Å². The summed E-state index contributed by atoms with van der Waals surface area (Å²) in [7, 11) is 0. The molecular formula is C12H16INO2. The zero-order valence-electron chi connectivity index (χ0n) is 9.32. The summed E-state index contributed by atoms with van der Waals surface area (Å²) in [5.41, 5.74) is 0.713. The van der Waals surface area contributed by atoms with E-state index in [1.165, 1.54) is 0 Å². The molecule has 1 N–H and O–H groups in total. The van der Waals surface area contributed by atoms with Crippen LogP contribution in [0, 0.1) is 3.57 Å². The van der Waals surface area contributed by atoms with Crippen molar-refractivity contribution in [3.63, 3.8) is 0 Å². The molecule has 0 atom stereocenters. The Bertz CT molecular complexity index is 349. The van der Waals surface area contributed by atoms with E-state index in [1.807, 2.05) is 31.2 Å². The Morgan fingerprint density at radius 1 is 1.38 bits per heavy atom. The van der Waals surface area contributed by atoms with Gasteiger partial charge in [0.1, 0.15) is 0 Å². The van der Waals surface area contributed by atoms with Gasteiger partial charge in [-0.1, -0.05) is 19.1 Å². The largest absolute Gasteiger partial charge is 0.395 e. The van der Waals surface area contributed by atoms with Gasteiger partial charge in [0.2, 0.25) is 0 Å². The summed E-state index contributed by atoms with van der Waals surface area (Å²) in [6, 6.07) is 7.51. The van der Waals surface area contributed by atoms with Gasteiger partial charge in [0.05, 0.1) is 12.2 Å². The Labute approximate surface area is 110 Å². The molecule has 1 aromatic rings. The third-order valence-electron chi connectivity index (χ3n) is 2.25. The van der Waals surface area contributed by atoms with E-state index in [9.17, 15) is 4.79 Å². The van der Waals surface area contributed by atoms with Crippen LogP contribution >= 0.6 is 22.6 Å². The number of halogens is 1. The molecule has 0 unspecified atom stereocenters. The summed E-state index contributed by atoms with van der Waals surface area (Å²) in [6.07, 6.45) is 0.898. The number of carbonyl (C=O) groups is 1. The maximum atomic E-state index is 12.2. The summed E-state index contributed by atoms with van der Waals surface area (Å²) in [6.45, 7) is 3.12. The molecule has 1 aromatic carbocycles. The lowest BCUT2D eigenvalue weighted by atomic mass is 10.2. The van der Waals surface area contributed by atoms with Crippen LogP contribution < -0.4 is 0 Å². The molecule has 0 heterocycles. The predicted molar refractivity (Wildman–Crippen MR) is 72.4 cm³/mol. The lowest BCUT2D eigenvalue weighted by Crippen LogP contribution is -2.34. The Balaban J connectivity index is 2.85. The molecule has 0 spiro atoms. The number of amides is 1. The number of benzene rings is 1. The molecule has 16 heavy (non-hydrogen) atoms. The fourth-order valence-electron chi connectivity index (χ4n) is 1.51. The van der Waals surface area contributed by atoms with Crippen molar-refractivity contribution >= 4 is 28.5 Å². The Morgan fingerprint density at radius 3 is 2.62 bits per heavy atom. The maximum absolute atomic E-state index is 12.2. The fraction of sp³-hybridized carbons (Fsp3) is 0.417. The topological polar surface area (TPSA) is 40.5 Å². The van der Waals surface area contributed by atoms with Crippen LogP contribution in [0.3, 0.4) is 0 Å². The minimum Gasteiger partial charge on any atom is -0.395 e. The second-order valence-corrected chi connectivity index (χ2v) is 4.66. The van der Waals surface area contributed by atoms with Gasteiger partial charge in [-0.05, 0) is 41.1 Å². The first kappa shape index (κ1) is 13.4. The number of nitrogens with zero attached hydrogens (tertiary/aromatic N) is 1. The number of rotatable bonds is 5. The Hall–Kier alpha value is -0.620. The first-order valence-electron chi connectivity index (χ1n) is 5.35. The van der Waals surface area contributed by atoms with Crippen LogP contribution in [-0.2, 0) is 0 Å². The number of aliphatic hydroxyl groups is 1. The molecule has 1 rings (SSSR count). The van der Waals surface area contributed by atoms with Gasteiger partial charge in [0, 0.05) is 16.7 Å². The molecule has 0 bridgehead atoms. The lowest BCUT2D eigenvalue weighted by Gasteiger charge is -2.21. The van der Waals surface area contributed by atoms with Gasteiger partial charge < -0.3 is 10.0 Å². The predicted octanol–water partition coefficient (Wildman–Crippen LogP) is 2.14. The minimum absolute atomic E-state index is 0.000833. The van der Waals surface area contributed by atoms with Gasteiger partial charge in [-0.3, -0.25) is 4.79 Å². The van der Waals surface area contributed by atoms with E-state index < -0.39 is 0 Å². The Kier molecular flexibility index (Phi) is 5.76. The molecule has 0 radical (unpaired) electrons. The third kappa shape index (κ3) is 3.45.